The molecule has 532 valence electrons. The number of carbonyl (C=O) groups excluding carboxylic acids is 1. The number of fused-ring (bicyclic) bond motifs is 1. The molecule has 1 aromatic heterocycles. The summed E-state index contributed by atoms with van der Waals surface area (Å²) in [7, 11) is 0. The number of benzene rings is 4. The SMILES string of the molecule is C.CC(C)(C)CC[C@@H]1OC(CO)[C@H](O)[C@H](O[C@@H]2OC(CO)[C@H](O)[C@H](O)C2O)C1O.CCc1ccc([N+](=O)[O-])c2nonc12.Cc1cc([N+](=O)[O-])cc([N+](=O)[O-])c1CC(C)(C)C.Cc1ccc(NCCCC[C@H](Nc2ccc([N+](=O)[O-])cc2[N+](=O)[O-])C(=O)C(C)(C)C)c([N+](=O)[O-])c1. The zero-order chi connectivity index (χ0) is 71.8. The molecule has 4 unspecified atom stereocenters. The summed E-state index contributed by atoms with van der Waals surface area (Å²) in [5.74, 6) is -0.160. The van der Waals surface area contributed by atoms with E-state index in [-0.39, 0.29) is 58.0 Å². The lowest BCUT2D eigenvalue weighted by molar-refractivity contribution is -0.394. The third-order valence-electron chi connectivity index (χ3n) is 15.2. The second kappa shape index (κ2) is 35.5. The summed E-state index contributed by atoms with van der Waals surface area (Å²) in [6.45, 7) is 21.9. The van der Waals surface area contributed by atoms with Gasteiger partial charge in [0.2, 0.25) is 5.52 Å². The second-order valence-corrected chi connectivity index (χ2v) is 26.3. The lowest BCUT2D eigenvalue weighted by Gasteiger charge is -2.46. The number of nitro benzene ring substituents is 6. The third kappa shape index (κ3) is 22.9. The van der Waals surface area contributed by atoms with Crippen LogP contribution >= 0.6 is 0 Å². The fraction of sp³-hybridized carbons (Fsp3) is 0.597. The average molecular weight is 1360 g/mol. The molecular weight excluding hydrogens is 1270 g/mol. The van der Waals surface area contributed by atoms with Gasteiger partial charge in [-0.25, -0.2) is 4.63 Å². The van der Waals surface area contributed by atoms with Crippen molar-refractivity contribution in [2.24, 2.45) is 16.2 Å². The van der Waals surface area contributed by atoms with Crippen molar-refractivity contribution >= 4 is 62.3 Å². The Morgan fingerprint density at radius 2 is 1.15 bits per heavy atom. The average Bonchev–Trinajstić information content (AvgIpc) is 1.28. The van der Waals surface area contributed by atoms with Gasteiger partial charge in [0.05, 0.1) is 67.0 Å². The molecule has 0 bridgehead atoms. The number of non-ortho nitro benzene ring substituents is 3. The predicted molar refractivity (Wildman–Crippen MR) is 349 cm³/mol. The van der Waals surface area contributed by atoms with Crippen LogP contribution in [-0.2, 0) is 31.8 Å². The molecule has 2 fully saturated rings. The van der Waals surface area contributed by atoms with Crippen molar-refractivity contribution in [1.29, 1.82) is 0 Å². The lowest BCUT2D eigenvalue weighted by Crippen LogP contribution is -2.64. The molecular formula is C62H90N10O24. The summed E-state index contributed by atoms with van der Waals surface area (Å²) in [5.41, 5.74) is 1.67. The quantitative estimate of drug-likeness (QED) is 0.0168. The number of Topliss-reactive ketones (excluding diaryl/α,β-unsaturated/α-hetero) is 1. The maximum absolute atomic E-state index is 13.0. The Hall–Kier alpha value is -8.45. The Kier molecular flexibility index (Phi) is 30.3. The zero-order valence-electron chi connectivity index (χ0n) is 54.8. The molecule has 0 amide bonds. The van der Waals surface area contributed by atoms with Crippen LogP contribution in [0.1, 0.15) is 131 Å². The number of nitrogens with one attached hydrogen (secondary N) is 2. The first kappa shape index (κ1) is 81.8. The fourth-order valence-electron chi connectivity index (χ4n) is 10.1. The van der Waals surface area contributed by atoms with E-state index in [1.54, 1.807) is 52.8 Å². The minimum absolute atomic E-state index is 0. The van der Waals surface area contributed by atoms with Gasteiger partial charge in [-0.1, -0.05) is 82.7 Å². The Morgan fingerprint density at radius 1 is 0.604 bits per heavy atom. The van der Waals surface area contributed by atoms with Crippen LogP contribution in [0, 0.1) is 90.8 Å². The van der Waals surface area contributed by atoms with Crippen molar-refractivity contribution in [2.75, 3.05) is 30.4 Å². The number of hydrogen-bond donors (Lipinski definition) is 9. The van der Waals surface area contributed by atoms with Crippen molar-refractivity contribution in [1.82, 2.24) is 10.3 Å². The van der Waals surface area contributed by atoms with Gasteiger partial charge in [0.15, 0.2) is 12.1 Å². The third-order valence-corrected chi connectivity index (χ3v) is 15.2. The summed E-state index contributed by atoms with van der Waals surface area (Å²) in [6.07, 6.45) is -9.38. The highest BCUT2D eigenvalue weighted by Gasteiger charge is 2.50. The van der Waals surface area contributed by atoms with Crippen LogP contribution in [0.3, 0.4) is 0 Å². The summed E-state index contributed by atoms with van der Waals surface area (Å²) >= 11 is 0. The van der Waals surface area contributed by atoms with Crippen LogP contribution in [0.2, 0.25) is 0 Å². The van der Waals surface area contributed by atoms with Gasteiger partial charge < -0.3 is 60.6 Å². The number of unbranched alkanes of at least 4 members (excludes halogenated alkanes) is 1. The van der Waals surface area contributed by atoms with E-state index in [9.17, 15) is 101 Å². The number of aromatic nitrogens is 2. The van der Waals surface area contributed by atoms with Gasteiger partial charge in [-0.2, -0.15) is 0 Å². The molecule has 2 aliphatic rings. The number of aliphatic hydroxyl groups is 7. The van der Waals surface area contributed by atoms with Gasteiger partial charge >= 0.3 is 5.69 Å². The summed E-state index contributed by atoms with van der Waals surface area (Å²) in [4.78, 5) is 75.5. The number of rotatable bonds is 23. The summed E-state index contributed by atoms with van der Waals surface area (Å²) in [6, 6.07) is 12.9. The smallest absolute Gasteiger partial charge is 0.300 e. The molecule has 3 heterocycles. The van der Waals surface area contributed by atoms with Crippen LogP contribution in [0.5, 0.6) is 0 Å². The molecule has 7 rings (SSSR count). The monoisotopic (exact) mass is 1360 g/mol. The Balaban J connectivity index is 0.000000350. The van der Waals surface area contributed by atoms with Gasteiger partial charge in [0.25, 0.3) is 28.4 Å². The van der Waals surface area contributed by atoms with Crippen molar-refractivity contribution in [2.45, 2.75) is 203 Å². The predicted octanol–water partition coefficient (Wildman–Crippen LogP) is 8.61. The van der Waals surface area contributed by atoms with Crippen LogP contribution < -0.4 is 10.6 Å². The topological polar surface area (TPSA) is 508 Å². The van der Waals surface area contributed by atoms with Gasteiger partial charge in [-0.05, 0) is 115 Å². The first-order chi connectivity index (χ1) is 44.2. The van der Waals surface area contributed by atoms with Crippen LogP contribution in [0.4, 0.5) is 45.5 Å². The molecule has 0 aliphatic carbocycles. The highest BCUT2D eigenvalue weighted by atomic mass is 16.7. The van der Waals surface area contributed by atoms with Gasteiger partial charge in [0.1, 0.15) is 65.7 Å². The van der Waals surface area contributed by atoms with Gasteiger partial charge in [-0.3, -0.25) is 65.5 Å². The number of carbonyl (C=O) groups is 1. The highest BCUT2D eigenvalue weighted by Crippen LogP contribution is 2.37. The fourth-order valence-corrected chi connectivity index (χ4v) is 10.1. The van der Waals surface area contributed by atoms with E-state index in [2.05, 4.69) is 25.6 Å². The Morgan fingerprint density at radius 3 is 1.68 bits per heavy atom. The van der Waals surface area contributed by atoms with Crippen molar-refractivity contribution < 1.29 is 88.9 Å². The van der Waals surface area contributed by atoms with Gasteiger partial charge in [-0.15, -0.1) is 0 Å². The van der Waals surface area contributed by atoms with Crippen LogP contribution in [-0.4, -0.2) is 168 Å². The van der Waals surface area contributed by atoms with Crippen molar-refractivity contribution in [3.8, 4) is 0 Å². The molecule has 2 saturated heterocycles. The molecule has 4 aromatic carbocycles. The number of nitrogens with zero attached hydrogens (tertiary/aromatic N) is 8. The molecule has 11 atom stereocenters. The van der Waals surface area contributed by atoms with Gasteiger partial charge in [0, 0.05) is 41.8 Å². The largest absolute Gasteiger partial charge is 0.394 e. The van der Waals surface area contributed by atoms with E-state index < -0.39 is 127 Å². The first-order valence-corrected chi connectivity index (χ1v) is 30.3. The lowest BCUT2D eigenvalue weighted by atomic mass is 9.84. The summed E-state index contributed by atoms with van der Waals surface area (Å²) in [5, 5.41) is 149. The van der Waals surface area contributed by atoms with Crippen LogP contribution in [0.25, 0.3) is 11.0 Å². The molecule has 34 nitrogen and oxygen atoms in total. The second-order valence-electron chi connectivity index (χ2n) is 26.3. The molecule has 0 spiro atoms. The molecule has 96 heavy (non-hydrogen) atoms. The number of aryl methyl sites for hydroxylation is 3. The number of anilines is 2. The van der Waals surface area contributed by atoms with Crippen molar-refractivity contribution in [3.05, 3.63) is 144 Å². The minimum Gasteiger partial charge on any atom is -0.394 e. The zero-order valence-corrected chi connectivity index (χ0v) is 54.8. The van der Waals surface area contributed by atoms with E-state index in [1.807, 2.05) is 48.5 Å². The minimum atomic E-state index is -1.67. The van der Waals surface area contributed by atoms with E-state index in [1.165, 1.54) is 24.3 Å². The maximum atomic E-state index is 13.0. The van der Waals surface area contributed by atoms with E-state index in [4.69, 9.17) is 14.2 Å². The van der Waals surface area contributed by atoms with Crippen molar-refractivity contribution in [3.63, 3.8) is 0 Å². The molecule has 0 radical (unpaired) electrons. The number of aliphatic hydroxyl groups excluding tert-OH is 7. The van der Waals surface area contributed by atoms with E-state index in [0.717, 1.165) is 35.7 Å². The number of hydrogen-bond acceptors (Lipinski definition) is 28. The molecule has 0 saturated carbocycles. The number of ketones is 1. The normalized spacial score (nSPS) is 21.2. The number of nitro groups is 6. The molecule has 5 aromatic rings. The Labute approximate surface area is 552 Å². The summed E-state index contributed by atoms with van der Waals surface area (Å²) < 4.78 is 21.0. The standard InChI is InChI=1S/C23H29N5O7.C18H34O10.C12H16N2O4.C8H7N3O3.CH4/c1-15-8-10-17(20(13-15)27(32)33)24-12-6-5-7-19(22(29)23(2,3)4)25-18-11-9-16(26(30)31)14-21(18)28(34)35;1-18(2,3)5-4-8-12(22)16(13(23)10(7-20)26-8)28-17-15(25)14(24)11(21)9(6-19)27-17;1-8-5-9(13(15)16)6-11(14(17)18)10(8)7-12(2,3)4;1-2-5-3-4-6(11(12)13)8-7(5)9-14-10-8;/h8-11,13-14,19,24-25H,5-7,12H2,1-4H3;8-17,19-25H,4-7H2,1-3H3;5-6H,7H2,1-4H3;3-4H,2H2,1H3;1H4/t19-;8-,9?,10?,11-,12?,13-,14-,15?,16+,17-;;;/m00.../s1. The number of ether oxygens (including phenoxy) is 3. The Bertz CT molecular complexity index is 3480. The molecule has 34 heteroatoms. The first-order valence-electron chi connectivity index (χ1n) is 30.3. The van der Waals surface area contributed by atoms with E-state index in [0.29, 0.717) is 67.4 Å². The van der Waals surface area contributed by atoms with Crippen LogP contribution in [0.15, 0.2) is 65.3 Å². The molecule has 2 aliphatic heterocycles. The van der Waals surface area contributed by atoms with E-state index >= 15 is 0 Å². The maximum Gasteiger partial charge on any atom is 0.300 e. The molecule has 9 N–H and O–H groups in total. The highest BCUT2D eigenvalue weighted by molar-refractivity contribution is 5.91.